The van der Waals surface area contributed by atoms with Gasteiger partial charge in [-0.2, -0.15) is 0 Å². The Kier molecular flexibility index (Phi) is 3.49. The Balaban J connectivity index is 2.37. The molecule has 0 bridgehead atoms. The number of benzene rings is 1. The summed E-state index contributed by atoms with van der Waals surface area (Å²) in [6.07, 6.45) is 3.24. The first-order valence-electron chi connectivity index (χ1n) is 5.23. The van der Waals surface area contributed by atoms with Crippen molar-refractivity contribution in [2.45, 2.75) is 23.4 Å². The van der Waals surface area contributed by atoms with Crippen molar-refractivity contribution >= 4 is 11.8 Å². The van der Waals surface area contributed by atoms with E-state index in [1.165, 1.54) is 11.8 Å². The fourth-order valence-corrected chi connectivity index (χ4v) is 2.24. The van der Waals surface area contributed by atoms with Crippen LogP contribution in [0.25, 0.3) is 0 Å². The maximum absolute atomic E-state index is 11.9. The van der Waals surface area contributed by atoms with Crippen LogP contribution in [0.5, 0.6) is 5.75 Å². The third-order valence-corrected chi connectivity index (χ3v) is 3.33. The first kappa shape index (κ1) is 11.7. The van der Waals surface area contributed by atoms with E-state index < -0.39 is 0 Å². The summed E-state index contributed by atoms with van der Waals surface area (Å²) < 4.78 is 1.58. The molecule has 2 aromatic rings. The minimum absolute atomic E-state index is 0.136. The van der Waals surface area contributed by atoms with E-state index in [2.05, 4.69) is 4.98 Å². The average Bonchev–Trinajstić information content (AvgIpc) is 2.34. The molecule has 5 heteroatoms. The van der Waals surface area contributed by atoms with E-state index in [0.29, 0.717) is 16.5 Å². The Morgan fingerprint density at radius 3 is 2.88 bits per heavy atom. The van der Waals surface area contributed by atoms with Crippen molar-refractivity contribution in [1.29, 1.82) is 0 Å². The van der Waals surface area contributed by atoms with Gasteiger partial charge in [0.1, 0.15) is 5.75 Å². The summed E-state index contributed by atoms with van der Waals surface area (Å²) in [5.41, 5.74) is -0.136. The Morgan fingerprint density at radius 1 is 1.41 bits per heavy atom. The van der Waals surface area contributed by atoms with E-state index in [4.69, 9.17) is 0 Å². The summed E-state index contributed by atoms with van der Waals surface area (Å²) in [6.45, 7) is 2.51. The van der Waals surface area contributed by atoms with Crippen molar-refractivity contribution in [1.82, 2.24) is 9.55 Å². The van der Waals surface area contributed by atoms with Crippen LogP contribution in [0.2, 0.25) is 0 Å². The molecule has 0 saturated heterocycles. The molecular weight excluding hydrogens is 236 g/mol. The lowest BCUT2D eigenvalue weighted by Gasteiger charge is -2.05. The van der Waals surface area contributed by atoms with Crippen LogP contribution < -0.4 is 5.56 Å². The van der Waals surface area contributed by atoms with Crippen molar-refractivity contribution in [3.8, 4) is 5.75 Å². The van der Waals surface area contributed by atoms with Gasteiger partial charge in [0.2, 0.25) is 0 Å². The minimum Gasteiger partial charge on any atom is -0.507 e. The molecule has 1 aromatic heterocycles. The van der Waals surface area contributed by atoms with Crippen LogP contribution in [-0.4, -0.2) is 14.7 Å². The fraction of sp³-hybridized carbons (Fsp3) is 0.167. The van der Waals surface area contributed by atoms with Gasteiger partial charge in [0, 0.05) is 18.9 Å². The van der Waals surface area contributed by atoms with Crippen LogP contribution in [0.4, 0.5) is 0 Å². The molecule has 0 aliphatic carbocycles. The molecule has 0 radical (unpaired) electrons. The van der Waals surface area contributed by atoms with Crippen LogP contribution in [0.3, 0.4) is 0 Å². The van der Waals surface area contributed by atoms with E-state index in [1.54, 1.807) is 35.2 Å². The number of aryl methyl sites for hydroxylation is 1. The number of hydrogen-bond acceptors (Lipinski definition) is 4. The van der Waals surface area contributed by atoms with Gasteiger partial charge in [-0.15, -0.1) is 0 Å². The van der Waals surface area contributed by atoms with Gasteiger partial charge in [-0.05, 0) is 19.1 Å². The van der Waals surface area contributed by atoms with E-state index >= 15 is 0 Å². The van der Waals surface area contributed by atoms with Gasteiger partial charge in [-0.3, -0.25) is 4.79 Å². The second-order valence-corrected chi connectivity index (χ2v) is 4.42. The van der Waals surface area contributed by atoms with E-state index in [9.17, 15) is 9.90 Å². The average molecular weight is 248 g/mol. The molecule has 0 unspecified atom stereocenters. The molecule has 0 aliphatic rings. The normalized spacial score (nSPS) is 10.4. The van der Waals surface area contributed by atoms with Crippen LogP contribution >= 0.6 is 11.8 Å². The molecule has 0 saturated carbocycles. The second kappa shape index (κ2) is 5.05. The molecular formula is C12H12N2O2S. The molecule has 0 spiro atoms. The van der Waals surface area contributed by atoms with Gasteiger partial charge in [0.05, 0.1) is 4.90 Å². The van der Waals surface area contributed by atoms with Crippen molar-refractivity contribution in [2.24, 2.45) is 0 Å². The Bertz CT molecular complexity index is 581. The topological polar surface area (TPSA) is 55.1 Å². The molecule has 1 heterocycles. The summed E-state index contributed by atoms with van der Waals surface area (Å²) >= 11 is 1.18. The zero-order chi connectivity index (χ0) is 12.3. The predicted octanol–water partition coefficient (Wildman–Crippen LogP) is 2.12. The molecule has 17 heavy (non-hydrogen) atoms. The van der Waals surface area contributed by atoms with Crippen molar-refractivity contribution in [2.75, 3.05) is 0 Å². The van der Waals surface area contributed by atoms with Gasteiger partial charge in [-0.25, -0.2) is 4.98 Å². The second-order valence-electron chi connectivity index (χ2n) is 3.39. The SMILES string of the molecule is CCn1ccnc(Sc2ccccc2O)c1=O. The molecule has 88 valence electrons. The molecule has 0 amide bonds. The van der Waals surface area contributed by atoms with Gasteiger partial charge >= 0.3 is 0 Å². The highest BCUT2D eigenvalue weighted by atomic mass is 32.2. The highest BCUT2D eigenvalue weighted by Crippen LogP contribution is 2.30. The third kappa shape index (κ3) is 2.50. The van der Waals surface area contributed by atoms with E-state index in [0.717, 1.165) is 0 Å². The van der Waals surface area contributed by atoms with Gasteiger partial charge in [-0.1, -0.05) is 23.9 Å². The lowest BCUT2D eigenvalue weighted by atomic mass is 10.3. The van der Waals surface area contributed by atoms with E-state index in [1.807, 2.05) is 13.0 Å². The number of aromatic nitrogens is 2. The summed E-state index contributed by atoms with van der Waals surface area (Å²) in [4.78, 5) is 16.6. The third-order valence-electron chi connectivity index (χ3n) is 2.29. The summed E-state index contributed by atoms with van der Waals surface area (Å²) in [5.74, 6) is 0.158. The van der Waals surface area contributed by atoms with Gasteiger partial charge in [0.15, 0.2) is 5.03 Å². The number of phenols is 1. The number of aromatic hydroxyl groups is 1. The first-order valence-corrected chi connectivity index (χ1v) is 6.05. The molecule has 2 rings (SSSR count). The number of hydrogen-bond donors (Lipinski definition) is 1. The maximum atomic E-state index is 11.9. The maximum Gasteiger partial charge on any atom is 0.283 e. The predicted molar refractivity (Wildman–Crippen MR) is 66.4 cm³/mol. The highest BCUT2D eigenvalue weighted by Gasteiger charge is 2.08. The molecule has 1 aromatic carbocycles. The van der Waals surface area contributed by atoms with Crippen molar-refractivity contribution in [3.63, 3.8) is 0 Å². The Hall–Kier alpha value is -1.75. The monoisotopic (exact) mass is 248 g/mol. The smallest absolute Gasteiger partial charge is 0.283 e. The van der Waals surface area contributed by atoms with Crippen LogP contribution in [0.15, 0.2) is 51.4 Å². The summed E-state index contributed by atoms with van der Waals surface area (Å²) in [6, 6.07) is 6.89. The number of phenolic OH excluding ortho intramolecular Hbond substituents is 1. The fourth-order valence-electron chi connectivity index (χ4n) is 1.39. The van der Waals surface area contributed by atoms with Gasteiger partial charge in [0.25, 0.3) is 5.56 Å². The first-order chi connectivity index (χ1) is 8.22. The Labute approximate surface area is 103 Å². The molecule has 0 fully saturated rings. The molecule has 0 atom stereocenters. The number of nitrogens with zero attached hydrogens (tertiary/aromatic N) is 2. The largest absolute Gasteiger partial charge is 0.507 e. The van der Waals surface area contributed by atoms with Crippen LogP contribution in [0.1, 0.15) is 6.92 Å². The highest BCUT2D eigenvalue weighted by molar-refractivity contribution is 7.99. The molecule has 4 nitrogen and oxygen atoms in total. The number of para-hydroxylation sites is 1. The van der Waals surface area contributed by atoms with Gasteiger partial charge < -0.3 is 9.67 Å². The molecule has 0 aliphatic heterocycles. The standard InChI is InChI=1S/C12H12N2O2S/c1-2-14-8-7-13-11(12(14)16)17-10-6-4-3-5-9(10)15/h3-8,15H,2H2,1H3. The zero-order valence-corrected chi connectivity index (χ0v) is 10.1. The lowest BCUT2D eigenvalue weighted by Crippen LogP contribution is -2.20. The quantitative estimate of drug-likeness (QED) is 0.904. The Morgan fingerprint density at radius 2 is 2.18 bits per heavy atom. The van der Waals surface area contributed by atoms with Crippen LogP contribution in [-0.2, 0) is 6.54 Å². The zero-order valence-electron chi connectivity index (χ0n) is 9.33. The minimum atomic E-state index is -0.136. The summed E-state index contributed by atoms with van der Waals surface area (Å²) in [7, 11) is 0. The number of rotatable bonds is 3. The van der Waals surface area contributed by atoms with Crippen molar-refractivity contribution < 1.29 is 5.11 Å². The lowest BCUT2D eigenvalue weighted by molar-refractivity contribution is 0.462. The van der Waals surface area contributed by atoms with Crippen molar-refractivity contribution in [3.05, 3.63) is 47.0 Å². The summed E-state index contributed by atoms with van der Waals surface area (Å²) in [5, 5.41) is 10.0. The van der Waals surface area contributed by atoms with E-state index in [-0.39, 0.29) is 11.3 Å². The van der Waals surface area contributed by atoms with Crippen LogP contribution in [0, 0.1) is 0 Å². The molecule has 1 N–H and O–H groups in total.